The van der Waals surface area contributed by atoms with E-state index in [4.69, 9.17) is 0 Å². The zero-order chi connectivity index (χ0) is 13.7. The van der Waals surface area contributed by atoms with Gasteiger partial charge in [0.25, 0.3) is 0 Å². The van der Waals surface area contributed by atoms with Gasteiger partial charge >= 0.3 is 0 Å². The predicted molar refractivity (Wildman–Crippen MR) is 82.0 cm³/mol. The molecule has 102 valence electrons. The highest BCUT2D eigenvalue weighted by molar-refractivity contribution is 7.10. The summed E-state index contributed by atoms with van der Waals surface area (Å²) in [5, 5.41) is 8.58. The van der Waals surface area contributed by atoms with Gasteiger partial charge in [0.05, 0.1) is 6.54 Å². The molecule has 2 aromatic heterocycles. The first-order chi connectivity index (χ1) is 9.22. The van der Waals surface area contributed by atoms with Crippen LogP contribution in [0.25, 0.3) is 0 Å². The van der Waals surface area contributed by atoms with Crippen molar-refractivity contribution in [1.29, 1.82) is 0 Å². The van der Waals surface area contributed by atoms with E-state index < -0.39 is 0 Å². The van der Waals surface area contributed by atoms with Gasteiger partial charge in [0.1, 0.15) is 17.5 Å². The molecule has 0 saturated heterocycles. The zero-order valence-corrected chi connectivity index (χ0v) is 12.5. The lowest BCUT2D eigenvalue weighted by atomic mass is 10.3. The quantitative estimate of drug-likeness (QED) is 0.848. The van der Waals surface area contributed by atoms with Crippen molar-refractivity contribution in [1.82, 2.24) is 9.97 Å². The van der Waals surface area contributed by atoms with E-state index in [2.05, 4.69) is 45.9 Å². The SMILES string of the molecule is CCCc1nc(NC)cc(NCc2sccc2C)n1. The molecule has 0 radical (unpaired) electrons. The second-order valence-corrected chi connectivity index (χ2v) is 5.44. The van der Waals surface area contributed by atoms with Crippen LogP contribution in [0.3, 0.4) is 0 Å². The third-order valence-electron chi connectivity index (χ3n) is 2.90. The molecule has 0 atom stereocenters. The molecular weight excluding hydrogens is 256 g/mol. The highest BCUT2D eigenvalue weighted by Crippen LogP contribution is 2.18. The van der Waals surface area contributed by atoms with E-state index in [-0.39, 0.29) is 0 Å². The molecule has 0 bridgehead atoms. The minimum Gasteiger partial charge on any atom is -0.373 e. The van der Waals surface area contributed by atoms with Crippen molar-refractivity contribution < 1.29 is 0 Å². The number of aromatic nitrogens is 2. The van der Waals surface area contributed by atoms with Crippen LogP contribution >= 0.6 is 11.3 Å². The molecule has 2 rings (SSSR count). The van der Waals surface area contributed by atoms with Crippen molar-refractivity contribution >= 4 is 23.0 Å². The molecule has 2 N–H and O–H groups in total. The van der Waals surface area contributed by atoms with Crippen LogP contribution < -0.4 is 10.6 Å². The molecule has 0 aliphatic rings. The molecular formula is C14H20N4S. The van der Waals surface area contributed by atoms with Gasteiger partial charge in [0.2, 0.25) is 0 Å². The van der Waals surface area contributed by atoms with Gasteiger partial charge < -0.3 is 10.6 Å². The maximum absolute atomic E-state index is 4.54. The topological polar surface area (TPSA) is 49.8 Å². The van der Waals surface area contributed by atoms with E-state index in [0.717, 1.165) is 36.8 Å². The molecule has 0 spiro atoms. The Morgan fingerprint density at radius 1 is 1.26 bits per heavy atom. The number of rotatable bonds is 6. The van der Waals surface area contributed by atoms with Gasteiger partial charge in [-0.3, -0.25) is 0 Å². The van der Waals surface area contributed by atoms with Crippen molar-refractivity contribution in [3.63, 3.8) is 0 Å². The van der Waals surface area contributed by atoms with E-state index in [1.807, 2.05) is 13.1 Å². The predicted octanol–water partition coefficient (Wildman–Crippen LogP) is 3.45. The highest BCUT2D eigenvalue weighted by Gasteiger charge is 2.05. The van der Waals surface area contributed by atoms with Crippen molar-refractivity contribution in [3.8, 4) is 0 Å². The Morgan fingerprint density at radius 3 is 2.68 bits per heavy atom. The number of aryl methyl sites for hydroxylation is 2. The van der Waals surface area contributed by atoms with Gasteiger partial charge in [-0.15, -0.1) is 11.3 Å². The maximum Gasteiger partial charge on any atom is 0.133 e. The molecule has 0 saturated carbocycles. The fourth-order valence-electron chi connectivity index (χ4n) is 1.81. The fourth-order valence-corrected chi connectivity index (χ4v) is 2.65. The summed E-state index contributed by atoms with van der Waals surface area (Å²) >= 11 is 1.77. The van der Waals surface area contributed by atoms with E-state index in [0.29, 0.717) is 0 Å². The third-order valence-corrected chi connectivity index (χ3v) is 3.92. The summed E-state index contributed by atoms with van der Waals surface area (Å²) in [4.78, 5) is 10.3. The van der Waals surface area contributed by atoms with E-state index in [1.165, 1.54) is 10.4 Å². The smallest absolute Gasteiger partial charge is 0.133 e. The Hall–Kier alpha value is -1.62. The lowest BCUT2D eigenvalue weighted by Crippen LogP contribution is -2.06. The summed E-state index contributed by atoms with van der Waals surface area (Å²) in [7, 11) is 1.88. The first-order valence-electron chi connectivity index (χ1n) is 6.55. The van der Waals surface area contributed by atoms with Crippen LogP contribution in [-0.4, -0.2) is 17.0 Å². The first-order valence-corrected chi connectivity index (χ1v) is 7.43. The molecule has 2 aromatic rings. The van der Waals surface area contributed by atoms with Crippen LogP contribution in [0, 0.1) is 6.92 Å². The van der Waals surface area contributed by atoms with Crippen LogP contribution in [0.4, 0.5) is 11.6 Å². The lowest BCUT2D eigenvalue weighted by molar-refractivity contribution is 0.835. The second-order valence-electron chi connectivity index (χ2n) is 4.43. The Bertz CT molecular complexity index is 536. The Labute approximate surface area is 118 Å². The third kappa shape index (κ3) is 3.67. The van der Waals surface area contributed by atoms with Crippen LogP contribution in [0.1, 0.15) is 29.6 Å². The molecule has 19 heavy (non-hydrogen) atoms. The standard InChI is InChI=1S/C14H20N4S/c1-4-5-12-17-13(15-3)8-14(18-12)16-9-11-10(2)6-7-19-11/h6-8H,4-5,9H2,1-3H3,(H2,15,16,17,18). The average Bonchev–Trinajstić information content (AvgIpc) is 2.82. The molecule has 0 amide bonds. The average molecular weight is 276 g/mol. The summed E-state index contributed by atoms with van der Waals surface area (Å²) < 4.78 is 0. The van der Waals surface area contributed by atoms with E-state index in [9.17, 15) is 0 Å². The first kappa shape index (κ1) is 13.8. The van der Waals surface area contributed by atoms with Crippen molar-refractivity contribution in [2.75, 3.05) is 17.7 Å². The Morgan fingerprint density at radius 2 is 2.05 bits per heavy atom. The minimum atomic E-state index is 0.815. The summed E-state index contributed by atoms with van der Waals surface area (Å²) in [6.45, 7) is 5.09. The van der Waals surface area contributed by atoms with Gasteiger partial charge in [-0.2, -0.15) is 0 Å². The van der Waals surface area contributed by atoms with Gasteiger partial charge in [0.15, 0.2) is 0 Å². The molecule has 0 unspecified atom stereocenters. The number of hydrogen-bond donors (Lipinski definition) is 2. The number of thiophene rings is 1. The Kier molecular flexibility index (Phi) is 4.74. The fraction of sp³-hybridized carbons (Fsp3) is 0.429. The van der Waals surface area contributed by atoms with Crippen molar-refractivity contribution in [3.05, 3.63) is 33.8 Å². The second kappa shape index (κ2) is 6.52. The summed E-state index contributed by atoms with van der Waals surface area (Å²) in [5.74, 6) is 2.64. The molecule has 2 heterocycles. The van der Waals surface area contributed by atoms with Crippen LogP contribution in [0.15, 0.2) is 17.5 Å². The molecule has 5 heteroatoms. The molecule has 0 aromatic carbocycles. The normalized spacial score (nSPS) is 10.5. The van der Waals surface area contributed by atoms with Crippen molar-refractivity contribution in [2.45, 2.75) is 33.2 Å². The largest absolute Gasteiger partial charge is 0.373 e. The van der Waals surface area contributed by atoms with Gasteiger partial charge in [0, 0.05) is 24.4 Å². The summed E-state index contributed by atoms with van der Waals surface area (Å²) in [5.41, 5.74) is 1.33. The van der Waals surface area contributed by atoms with E-state index in [1.54, 1.807) is 11.3 Å². The number of nitrogens with zero attached hydrogens (tertiary/aromatic N) is 2. The molecule has 4 nitrogen and oxygen atoms in total. The Balaban J connectivity index is 2.10. The maximum atomic E-state index is 4.54. The molecule has 0 aliphatic heterocycles. The summed E-state index contributed by atoms with van der Waals surface area (Å²) in [6.07, 6.45) is 1.96. The van der Waals surface area contributed by atoms with Gasteiger partial charge in [-0.1, -0.05) is 6.92 Å². The minimum absolute atomic E-state index is 0.815. The highest BCUT2D eigenvalue weighted by atomic mass is 32.1. The summed E-state index contributed by atoms with van der Waals surface area (Å²) in [6, 6.07) is 4.09. The van der Waals surface area contributed by atoms with Crippen LogP contribution in [0.2, 0.25) is 0 Å². The van der Waals surface area contributed by atoms with E-state index >= 15 is 0 Å². The van der Waals surface area contributed by atoms with Crippen molar-refractivity contribution in [2.24, 2.45) is 0 Å². The lowest BCUT2D eigenvalue weighted by Gasteiger charge is -2.09. The zero-order valence-electron chi connectivity index (χ0n) is 11.7. The van der Waals surface area contributed by atoms with Gasteiger partial charge in [-0.25, -0.2) is 9.97 Å². The monoisotopic (exact) mass is 276 g/mol. The number of hydrogen-bond acceptors (Lipinski definition) is 5. The number of anilines is 2. The number of nitrogens with one attached hydrogen (secondary N) is 2. The molecule has 0 fully saturated rings. The van der Waals surface area contributed by atoms with Gasteiger partial charge in [-0.05, 0) is 30.4 Å². The molecule has 0 aliphatic carbocycles. The van der Waals surface area contributed by atoms with Crippen LogP contribution in [-0.2, 0) is 13.0 Å². The van der Waals surface area contributed by atoms with Crippen LogP contribution in [0.5, 0.6) is 0 Å².